The number of aromatic nitrogens is 1. The summed E-state index contributed by atoms with van der Waals surface area (Å²) in [5, 5.41) is 8.67. The van der Waals surface area contributed by atoms with Crippen molar-refractivity contribution in [1.29, 1.82) is 5.26 Å². The van der Waals surface area contributed by atoms with Crippen LogP contribution in [0.1, 0.15) is 18.5 Å². The second kappa shape index (κ2) is 5.50. The number of likely N-dealkylation sites (tertiary alicyclic amines) is 1. The molecule has 5 heteroatoms. The molecule has 1 fully saturated rings. The van der Waals surface area contributed by atoms with Crippen LogP contribution < -0.4 is 4.90 Å². The van der Waals surface area contributed by atoms with Gasteiger partial charge in [0.15, 0.2) is 0 Å². The third kappa shape index (κ3) is 2.77. The van der Waals surface area contributed by atoms with E-state index < -0.39 is 0 Å². The van der Waals surface area contributed by atoms with Gasteiger partial charge in [0.05, 0.1) is 11.9 Å². The van der Waals surface area contributed by atoms with Crippen molar-refractivity contribution in [2.45, 2.75) is 12.8 Å². The molecule has 2 heterocycles. The van der Waals surface area contributed by atoms with Crippen LogP contribution in [0.25, 0.3) is 0 Å². The molecule has 0 N–H and O–H groups in total. The molecule has 1 amide bonds. The van der Waals surface area contributed by atoms with Gasteiger partial charge in [-0.1, -0.05) is 0 Å². The Bertz CT molecular complexity index is 463. The van der Waals surface area contributed by atoms with E-state index in [0.29, 0.717) is 12.1 Å². The topological polar surface area (TPSA) is 60.2 Å². The van der Waals surface area contributed by atoms with Crippen LogP contribution in [-0.2, 0) is 4.79 Å². The lowest BCUT2D eigenvalue weighted by molar-refractivity contribution is -0.127. The Balaban J connectivity index is 1.89. The summed E-state index contributed by atoms with van der Waals surface area (Å²) >= 11 is 0. The average molecular weight is 244 g/mol. The summed E-state index contributed by atoms with van der Waals surface area (Å²) in [5.74, 6) is 0.251. The van der Waals surface area contributed by atoms with E-state index >= 15 is 0 Å². The maximum Gasteiger partial charge on any atom is 0.222 e. The first-order valence-corrected chi connectivity index (χ1v) is 6.06. The van der Waals surface area contributed by atoms with Crippen molar-refractivity contribution in [3.8, 4) is 6.07 Å². The molecule has 0 bridgehead atoms. The lowest BCUT2D eigenvalue weighted by Gasteiger charge is -2.23. The van der Waals surface area contributed by atoms with Gasteiger partial charge in [-0.2, -0.15) is 5.26 Å². The Labute approximate surface area is 107 Å². The first-order valence-electron chi connectivity index (χ1n) is 6.06. The molecule has 1 aliphatic heterocycles. The van der Waals surface area contributed by atoms with Crippen molar-refractivity contribution in [3.63, 3.8) is 0 Å². The van der Waals surface area contributed by atoms with Crippen molar-refractivity contribution in [3.05, 3.63) is 24.0 Å². The number of nitriles is 1. The molecular weight excluding hydrogens is 228 g/mol. The summed E-state index contributed by atoms with van der Waals surface area (Å²) in [6, 6.07) is 5.57. The zero-order valence-electron chi connectivity index (χ0n) is 10.5. The third-order valence-corrected chi connectivity index (χ3v) is 3.18. The van der Waals surface area contributed by atoms with Crippen LogP contribution in [-0.4, -0.2) is 42.5 Å². The van der Waals surface area contributed by atoms with Gasteiger partial charge in [-0.05, 0) is 18.6 Å². The second-order valence-electron chi connectivity index (χ2n) is 4.42. The predicted molar refractivity (Wildman–Crippen MR) is 68.0 cm³/mol. The monoisotopic (exact) mass is 244 g/mol. The van der Waals surface area contributed by atoms with Crippen LogP contribution in [0.3, 0.4) is 0 Å². The van der Waals surface area contributed by atoms with E-state index in [1.807, 2.05) is 29.0 Å². The predicted octanol–water partition coefficient (Wildman–Crippen LogP) is 1.01. The van der Waals surface area contributed by atoms with Gasteiger partial charge in [0.1, 0.15) is 11.8 Å². The fourth-order valence-corrected chi connectivity index (χ4v) is 2.02. The molecule has 0 unspecified atom stereocenters. The molecule has 0 aromatic carbocycles. The quantitative estimate of drug-likeness (QED) is 0.793. The van der Waals surface area contributed by atoms with E-state index in [9.17, 15) is 4.79 Å². The van der Waals surface area contributed by atoms with Gasteiger partial charge in [0.25, 0.3) is 0 Å². The maximum absolute atomic E-state index is 11.5. The third-order valence-electron chi connectivity index (χ3n) is 3.18. The van der Waals surface area contributed by atoms with Crippen molar-refractivity contribution in [2.75, 3.05) is 31.6 Å². The van der Waals surface area contributed by atoms with Crippen molar-refractivity contribution < 1.29 is 4.79 Å². The highest BCUT2D eigenvalue weighted by atomic mass is 16.2. The summed E-state index contributed by atoms with van der Waals surface area (Å²) in [5.41, 5.74) is 1.38. The average Bonchev–Trinajstić information content (AvgIpc) is 2.81. The van der Waals surface area contributed by atoms with Gasteiger partial charge in [-0.15, -0.1) is 0 Å². The maximum atomic E-state index is 11.5. The normalized spacial score (nSPS) is 14.7. The number of carbonyl (C=O) groups excluding carboxylic acids is 1. The molecule has 1 aromatic rings. The van der Waals surface area contributed by atoms with E-state index in [4.69, 9.17) is 5.26 Å². The van der Waals surface area contributed by atoms with Crippen molar-refractivity contribution >= 4 is 11.6 Å². The molecule has 0 radical (unpaired) electrons. The van der Waals surface area contributed by atoms with Crippen LogP contribution in [0.4, 0.5) is 5.69 Å². The Morgan fingerprint density at radius 2 is 2.39 bits per heavy atom. The molecule has 1 aliphatic rings. The van der Waals surface area contributed by atoms with Crippen molar-refractivity contribution in [2.24, 2.45) is 0 Å². The smallest absolute Gasteiger partial charge is 0.222 e. The van der Waals surface area contributed by atoms with Crippen LogP contribution in [0, 0.1) is 11.3 Å². The zero-order valence-corrected chi connectivity index (χ0v) is 10.5. The number of amides is 1. The van der Waals surface area contributed by atoms with Crippen molar-refractivity contribution in [1.82, 2.24) is 9.88 Å². The van der Waals surface area contributed by atoms with Gasteiger partial charge in [-0.3, -0.25) is 4.79 Å². The minimum Gasteiger partial charge on any atom is -0.372 e. The molecule has 0 spiro atoms. The number of pyridine rings is 1. The molecule has 0 aliphatic carbocycles. The number of hydrogen-bond donors (Lipinski definition) is 0. The van der Waals surface area contributed by atoms with Gasteiger partial charge < -0.3 is 9.80 Å². The lowest BCUT2D eigenvalue weighted by Crippen LogP contribution is -2.34. The number of rotatable bonds is 4. The van der Waals surface area contributed by atoms with Gasteiger partial charge >= 0.3 is 0 Å². The highest BCUT2D eigenvalue weighted by Gasteiger charge is 2.19. The zero-order chi connectivity index (χ0) is 13.0. The standard InChI is InChI=1S/C13H16N4O/c1-16(7-8-17-6-2-3-13(17)18)12-5-4-11(9-14)15-10-12/h4-5,10H,2-3,6-8H2,1H3. The second-order valence-corrected chi connectivity index (χ2v) is 4.42. The first kappa shape index (κ1) is 12.4. The first-order chi connectivity index (χ1) is 8.70. The minimum atomic E-state index is 0.251. The van der Waals surface area contributed by atoms with E-state index in [-0.39, 0.29) is 5.91 Å². The fourth-order valence-electron chi connectivity index (χ4n) is 2.02. The summed E-state index contributed by atoms with van der Waals surface area (Å²) in [6.45, 7) is 2.40. The summed E-state index contributed by atoms with van der Waals surface area (Å²) < 4.78 is 0. The fraction of sp³-hybridized carbons (Fsp3) is 0.462. The molecule has 1 saturated heterocycles. The molecule has 0 atom stereocenters. The number of anilines is 1. The Kier molecular flexibility index (Phi) is 3.78. The van der Waals surface area contributed by atoms with E-state index in [1.165, 1.54) is 0 Å². The van der Waals surface area contributed by atoms with E-state index in [0.717, 1.165) is 31.7 Å². The van der Waals surface area contributed by atoms with E-state index in [1.54, 1.807) is 12.3 Å². The van der Waals surface area contributed by atoms with Crippen LogP contribution in [0.5, 0.6) is 0 Å². The van der Waals surface area contributed by atoms with Crippen LogP contribution in [0.15, 0.2) is 18.3 Å². The summed E-state index contributed by atoms with van der Waals surface area (Å²) in [4.78, 5) is 19.4. The Morgan fingerprint density at radius 3 is 2.94 bits per heavy atom. The van der Waals surface area contributed by atoms with Gasteiger partial charge in [0.2, 0.25) is 5.91 Å². The van der Waals surface area contributed by atoms with E-state index in [2.05, 4.69) is 4.98 Å². The summed E-state index contributed by atoms with van der Waals surface area (Å²) in [7, 11) is 1.96. The number of carbonyl (C=O) groups is 1. The molecule has 18 heavy (non-hydrogen) atoms. The largest absolute Gasteiger partial charge is 0.372 e. The highest BCUT2D eigenvalue weighted by molar-refractivity contribution is 5.78. The molecule has 0 saturated carbocycles. The molecular formula is C13H16N4O. The molecule has 1 aromatic heterocycles. The molecule has 94 valence electrons. The highest BCUT2D eigenvalue weighted by Crippen LogP contribution is 2.13. The summed E-state index contributed by atoms with van der Waals surface area (Å²) in [6.07, 6.45) is 3.34. The SMILES string of the molecule is CN(CCN1CCCC1=O)c1ccc(C#N)nc1. The molecule has 2 rings (SSSR count). The number of nitrogens with zero attached hydrogens (tertiary/aromatic N) is 4. The van der Waals surface area contributed by atoms with Crippen LogP contribution >= 0.6 is 0 Å². The Hall–Kier alpha value is -2.09. The number of likely N-dealkylation sites (N-methyl/N-ethyl adjacent to an activating group) is 1. The minimum absolute atomic E-state index is 0.251. The molecule has 5 nitrogen and oxygen atoms in total. The Morgan fingerprint density at radius 1 is 1.56 bits per heavy atom. The lowest BCUT2D eigenvalue weighted by atomic mass is 10.3. The van der Waals surface area contributed by atoms with Gasteiger partial charge in [0, 0.05) is 33.1 Å². The van der Waals surface area contributed by atoms with Crippen LogP contribution in [0.2, 0.25) is 0 Å². The van der Waals surface area contributed by atoms with Gasteiger partial charge in [-0.25, -0.2) is 4.98 Å². The number of hydrogen-bond acceptors (Lipinski definition) is 4.